The van der Waals surface area contributed by atoms with Crippen LogP contribution in [0, 0.1) is 6.92 Å². The molecular formula is C11H20N2O2S. The quantitative estimate of drug-likeness (QED) is 0.829. The Balaban J connectivity index is 2.52. The number of nitrogens with zero attached hydrogens (tertiary/aromatic N) is 1. The van der Waals surface area contributed by atoms with Crippen LogP contribution in [0.25, 0.3) is 0 Å². The highest BCUT2D eigenvalue weighted by Crippen LogP contribution is 2.02. The monoisotopic (exact) mass is 244 g/mol. The minimum atomic E-state index is -0.537. The van der Waals surface area contributed by atoms with Crippen molar-refractivity contribution in [1.82, 2.24) is 9.88 Å². The largest absolute Gasteiger partial charge is 0.390 e. The Morgan fingerprint density at radius 2 is 2.19 bits per heavy atom. The van der Waals surface area contributed by atoms with Crippen LogP contribution in [0.3, 0.4) is 0 Å². The average molecular weight is 244 g/mol. The average Bonchev–Trinajstić information content (AvgIpc) is 2.45. The van der Waals surface area contributed by atoms with Crippen LogP contribution in [0.15, 0.2) is 10.2 Å². The van der Waals surface area contributed by atoms with Crippen molar-refractivity contribution in [2.24, 2.45) is 0 Å². The van der Waals surface area contributed by atoms with E-state index >= 15 is 0 Å². The molecule has 0 fully saturated rings. The van der Waals surface area contributed by atoms with E-state index in [1.54, 1.807) is 4.57 Å². The summed E-state index contributed by atoms with van der Waals surface area (Å²) in [6, 6.07) is 0. The van der Waals surface area contributed by atoms with E-state index in [1.807, 2.05) is 33.1 Å². The summed E-state index contributed by atoms with van der Waals surface area (Å²) >= 11 is 1.17. The lowest BCUT2D eigenvalue weighted by Crippen LogP contribution is -2.42. The fourth-order valence-electron chi connectivity index (χ4n) is 1.32. The fraction of sp³-hybridized carbons (Fsp3) is 0.727. The van der Waals surface area contributed by atoms with E-state index in [9.17, 15) is 9.90 Å². The first kappa shape index (κ1) is 13.4. The molecule has 1 rings (SSSR count). The SMILES string of the molecule is Cc1csc(=O)n1CC(O)CNC(C)(C)C. The van der Waals surface area contributed by atoms with Gasteiger partial charge >= 0.3 is 4.87 Å². The molecule has 0 spiro atoms. The van der Waals surface area contributed by atoms with Gasteiger partial charge in [0.1, 0.15) is 0 Å². The zero-order valence-electron chi connectivity index (χ0n) is 10.3. The summed E-state index contributed by atoms with van der Waals surface area (Å²) in [6.07, 6.45) is -0.537. The van der Waals surface area contributed by atoms with E-state index in [1.165, 1.54) is 11.3 Å². The van der Waals surface area contributed by atoms with Crippen molar-refractivity contribution in [3.63, 3.8) is 0 Å². The number of aliphatic hydroxyl groups excluding tert-OH is 1. The Kier molecular flexibility index (Phi) is 4.29. The van der Waals surface area contributed by atoms with Crippen molar-refractivity contribution in [2.45, 2.75) is 45.9 Å². The third-order valence-electron chi connectivity index (χ3n) is 2.24. The number of nitrogens with one attached hydrogen (secondary N) is 1. The zero-order valence-corrected chi connectivity index (χ0v) is 11.1. The highest BCUT2D eigenvalue weighted by atomic mass is 32.1. The van der Waals surface area contributed by atoms with Crippen LogP contribution in [-0.4, -0.2) is 27.9 Å². The van der Waals surface area contributed by atoms with Gasteiger partial charge in [0.25, 0.3) is 0 Å². The smallest absolute Gasteiger partial charge is 0.307 e. The topological polar surface area (TPSA) is 54.3 Å². The van der Waals surface area contributed by atoms with Gasteiger partial charge in [0, 0.05) is 23.2 Å². The van der Waals surface area contributed by atoms with Crippen molar-refractivity contribution in [2.75, 3.05) is 6.54 Å². The normalized spacial score (nSPS) is 14.1. The molecule has 1 aromatic heterocycles. The summed E-state index contributed by atoms with van der Waals surface area (Å²) in [4.78, 5) is 11.4. The van der Waals surface area contributed by atoms with Crippen molar-refractivity contribution in [1.29, 1.82) is 0 Å². The maximum Gasteiger partial charge on any atom is 0.307 e. The predicted molar refractivity (Wildman–Crippen MR) is 67.1 cm³/mol. The number of aliphatic hydroxyl groups is 1. The van der Waals surface area contributed by atoms with Crippen molar-refractivity contribution in [3.8, 4) is 0 Å². The Morgan fingerprint density at radius 3 is 2.62 bits per heavy atom. The molecule has 5 heteroatoms. The van der Waals surface area contributed by atoms with Crippen molar-refractivity contribution >= 4 is 11.3 Å². The van der Waals surface area contributed by atoms with E-state index in [4.69, 9.17) is 0 Å². The molecule has 0 saturated heterocycles. The van der Waals surface area contributed by atoms with Crippen LogP contribution >= 0.6 is 11.3 Å². The molecule has 1 aromatic rings. The van der Waals surface area contributed by atoms with E-state index in [-0.39, 0.29) is 10.4 Å². The van der Waals surface area contributed by atoms with Crippen LogP contribution in [0.5, 0.6) is 0 Å². The second-order valence-corrected chi connectivity index (χ2v) is 5.86. The zero-order chi connectivity index (χ0) is 12.3. The molecule has 0 amide bonds. The minimum Gasteiger partial charge on any atom is -0.390 e. The predicted octanol–water partition coefficient (Wildman–Crippen LogP) is 0.967. The lowest BCUT2D eigenvalue weighted by atomic mass is 10.1. The molecule has 4 nitrogen and oxygen atoms in total. The Morgan fingerprint density at radius 1 is 1.56 bits per heavy atom. The van der Waals surface area contributed by atoms with E-state index in [0.29, 0.717) is 13.1 Å². The molecule has 0 aliphatic rings. The van der Waals surface area contributed by atoms with Gasteiger partial charge in [-0.3, -0.25) is 4.79 Å². The van der Waals surface area contributed by atoms with Gasteiger partial charge in [-0.2, -0.15) is 0 Å². The second-order valence-electron chi connectivity index (χ2n) is 5.04. The molecule has 2 N–H and O–H groups in total. The Bertz CT molecular complexity index is 389. The van der Waals surface area contributed by atoms with Crippen molar-refractivity contribution < 1.29 is 5.11 Å². The van der Waals surface area contributed by atoms with Crippen LogP contribution in [-0.2, 0) is 6.54 Å². The number of thiazole rings is 1. The van der Waals surface area contributed by atoms with Gasteiger partial charge < -0.3 is 15.0 Å². The number of aromatic nitrogens is 1. The second kappa shape index (κ2) is 5.12. The number of rotatable bonds is 4. The van der Waals surface area contributed by atoms with Crippen LogP contribution in [0.2, 0.25) is 0 Å². The first-order valence-corrected chi connectivity index (χ1v) is 6.25. The molecule has 1 atom stereocenters. The summed E-state index contributed by atoms with van der Waals surface area (Å²) in [5.41, 5.74) is 0.889. The molecule has 0 aliphatic heterocycles. The summed E-state index contributed by atoms with van der Waals surface area (Å²) in [7, 11) is 0. The maximum absolute atomic E-state index is 11.4. The number of β-amino-alcohol motifs (C(OH)–C–C–N with tert-alkyl or cyclic N) is 1. The molecule has 1 unspecified atom stereocenters. The first-order valence-electron chi connectivity index (χ1n) is 5.37. The van der Waals surface area contributed by atoms with Gasteiger partial charge in [-0.05, 0) is 27.7 Å². The van der Waals surface area contributed by atoms with Crippen LogP contribution in [0.1, 0.15) is 26.5 Å². The van der Waals surface area contributed by atoms with Crippen LogP contribution < -0.4 is 10.2 Å². The number of aryl methyl sites for hydroxylation is 1. The third kappa shape index (κ3) is 4.08. The van der Waals surface area contributed by atoms with E-state index < -0.39 is 6.10 Å². The van der Waals surface area contributed by atoms with E-state index in [0.717, 1.165) is 5.69 Å². The van der Waals surface area contributed by atoms with E-state index in [2.05, 4.69) is 5.32 Å². The van der Waals surface area contributed by atoms with Gasteiger partial charge in [0.05, 0.1) is 12.6 Å². The molecule has 0 aromatic carbocycles. The first-order chi connectivity index (χ1) is 7.29. The Hall–Kier alpha value is -0.650. The maximum atomic E-state index is 11.4. The van der Waals surface area contributed by atoms with Crippen LogP contribution in [0.4, 0.5) is 0 Å². The fourth-order valence-corrected chi connectivity index (χ4v) is 2.07. The lowest BCUT2D eigenvalue weighted by molar-refractivity contribution is 0.140. The summed E-state index contributed by atoms with van der Waals surface area (Å²) < 4.78 is 1.61. The highest BCUT2D eigenvalue weighted by Gasteiger charge is 2.14. The lowest BCUT2D eigenvalue weighted by Gasteiger charge is -2.23. The van der Waals surface area contributed by atoms with Gasteiger partial charge in [0.2, 0.25) is 0 Å². The molecule has 0 bridgehead atoms. The molecule has 0 radical (unpaired) electrons. The summed E-state index contributed by atoms with van der Waals surface area (Å²) in [5.74, 6) is 0. The number of hydrogen-bond donors (Lipinski definition) is 2. The molecule has 0 aliphatic carbocycles. The van der Waals surface area contributed by atoms with Gasteiger partial charge in [-0.25, -0.2) is 0 Å². The minimum absolute atomic E-state index is 0.00712. The van der Waals surface area contributed by atoms with Gasteiger partial charge in [0.15, 0.2) is 0 Å². The molecule has 92 valence electrons. The van der Waals surface area contributed by atoms with Crippen molar-refractivity contribution in [3.05, 3.63) is 20.7 Å². The van der Waals surface area contributed by atoms with Gasteiger partial charge in [-0.1, -0.05) is 11.3 Å². The summed E-state index contributed by atoms with van der Waals surface area (Å²) in [5, 5.41) is 14.8. The highest BCUT2D eigenvalue weighted by molar-refractivity contribution is 7.07. The third-order valence-corrected chi connectivity index (χ3v) is 3.12. The number of hydrogen-bond acceptors (Lipinski definition) is 4. The molecular weight excluding hydrogens is 224 g/mol. The standard InChI is InChI=1S/C11H20N2O2S/c1-8-7-16-10(15)13(8)6-9(14)5-12-11(2,3)4/h7,9,12,14H,5-6H2,1-4H3. The molecule has 1 heterocycles. The summed E-state index contributed by atoms with van der Waals surface area (Å²) in [6.45, 7) is 8.86. The Labute approximate surface area is 99.9 Å². The van der Waals surface area contributed by atoms with Gasteiger partial charge in [-0.15, -0.1) is 0 Å². The molecule has 16 heavy (non-hydrogen) atoms. The molecule has 0 saturated carbocycles.